The van der Waals surface area contributed by atoms with Crippen molar-refractivity contribution in [2.45, 2.75) is 19.3 Å². The molecule has 7 heteroatoms. The van der Waals surface area contributed by atoms with Crippen LogP contribution >= 0.6 is 0 Å². The standard InChI is InChI=1S/C15H13FN4O2/c16-11-6-4-10(5-7-11)12-8-9-14-18-17-13(20(14)19-12)2-1-3-15(21)22/h4-9H,1-3H2,(H,21,22). The van der Waals surface area contributed by atoms with Gasteiger partial charge in [0, 0.05) is 18.4 Å². The Bertz CT molecular complexity index is 814. The van der Waals surface area contributed by atoms with Gasteiger partial charge in [-0.25, -0.2) is 4.39 Å². The number of carboxylic acid groups (broad SMARTS) is 1. The first-order valence-electron chi connectivity index (χ1n) is 6.82. The molecule has 0 radical (unpaired) electrons. The number of aryl methyl sites for hydroxylation is 1. The highest BCUT2D eigenvalue weighted by molar-refractivity contribution is 5.66. The van der Waals surface area contributed by atoms with Gasteiger partial charge in [-0.2, -0.15) is 9.61 Å². The van der Waals surface area contributed by atoms with E-state index in [1.807, 2.05) is 0 Å². The Balaban J connectivity index is 1.90. The number of hydrogen-bond acceptors (Lipinski definition) is 4. The van der Waals surface area contributed by atoms with Gasteiger partial charge < -0.3 is 5.11 Å². The number of rotatable bonds is 5. The molecule has 3 rings (SSSR count). The maximum Gasteiger partial charge on any atom is 0.303 e. The Morgan fingerprint density at radius 1 is 1.14 bits per heavy atom. The molecule has 1 aromatic carbocycles. The van der Waals surface area contributed by atoms with Gasteiger partial charge in [0.25, 0.3) is 0 Å². The molecule has 6 nitrogen and oxygen atoms in total. The first-order chi connectivity index (χ1) is 10.6. The minimum Gasteiger partial charge on any atom is -0.481 e. The zero-order valence-electron chi connectivity index (χ0n) is 11.6. The maximum absolute atomic E-state index is 13.0. The molecule has 0 unspecified atom stereocenters. The fourth-order valence-corrected chi connectivity index (χ4v) is 2.16. The van der Waals surface area contributed by atoms with E-state index in [2.05, 4.69) is 15.3 Å². The minimum atomic E-state index is -0.839. The molecule has 0 saturated carbocycles. The van der Waals surface area contributed by atoms with E-state index in [1.165, 1.54) is 12.1 Å². The summed E-state index contributed by atoms with van der Waals surface area (Å²) in [6.45, 7) is 0. The molecule has 0 aliphatic heterocycles. The van der Waals surface area contributed by atoms with Crippen LogP contribution in [0.4, 0.5) is 4.39 Å². The summed E-state index contributed by atoms with van der Waals surface area (Å²) < 4.78 is 14.6. The van der Waals surface area contributed by atoms with Crippen LogP contribution in [0.2, 0.25) is 0 Å². The fraction of sp³-hybridized carbons (Fsp3) is 0.200. The lowest BCUT2D eigenvalue weighted by atomic mass is 10.1. The maximum atomic E-state index is 13.0. The van der Waals surface area contributed by atoms with Crippen LogP contribution in [0.1, 0.15) is 18.7 Å². The average molecular weight is 300 g/mol. The summed E-state index contributed by atoms with van der Waals surface area (Å²) >= 11 is 0. The third-order valence-corrected chi connectivity index (χ3v) is 3.26. The molecule has 112 valence electrons. The molecular weight excluding hydrogens is 287 g/mol. The van der Waals surface area contributed by atoms with Gasteiger partial charge in [0.15, 0.2) is 11.5 Å². The average Bonchev–Trinajstić information content (AvgIpc) is 2.90. The molecule has 0 saturated heterocycles. The minimum absolute atomic E-state index is 0.0760. The normalized spacial score (nSPS) is 11.0. The third kappa shape index (κ3) is 2.93. The lowest BCUT2D eigenvalue weighted by Gasteiger charge is -2.03. The Labute approximate surface area is 125 Å². The number of aliphatic carboxylic acids is 1. The van der Waals surface area contributed by atoms with Crippen molar-refractivity contribution in [3.8, 4) is 11.3 Å². The number of carboxylic acids is 1. The van der Waals surface area contributed by atoms with E-state index in [-0.39, 0.29) is 12.2 Å². The quantitative estimate of drug-likeness (QED) is 0.782. The summed E-state index contributed by atoms with van der Waals surface area (Å²) in [6.07, 6.45) is 1.03. The number of fused-ring (bicyclic) bond motifs is 1. The van der Waals surface area contributed by atoms with Gasteiger partial charge in [0.05, 0.1) is 5.69 Å². The lowest BCUT2D eigenvalue weighted by Crippen LogP contribution is -2.02. The van der Waals surface area contributed by atoms with Crippen molar-refractivity contribution < 1.29 is 14.3 Å². The molecule has 0 bridgehead atoms. The predicted octanol–water partition coefficient (Wildman–Crippen LogP) is 2.34. The van der Waals surface area contributed by atoms with Crippen LogP contribution < -0.4 is 0 Å². The second-order valence-electron chi connectivity index (χ2n) is 4.86. The second-order valence-corrected chi connectivity index (χ2v) is 4.86. The molecule has 0 amide bonds. The van der Waals surface area contributed by atoms with Crippen molar-refractivity contribution in [3.63, 3.8) is 0 Å². The van der Waals surface area contributed by atoms with Crippen LogP contribution in [0.15, 0.2) is 36.4 Å². The zero-order valence-corrected chi connectivity index (χ0v) is 11.6. The molecular formula is C15H13FN4O2. The highest BCUT2D eigenvalue weighted by Gasteiger charge is 2.09. The number of hydrogen-bond donors (Lipinski definition) is 1. The van der Waals surface area contributed by atoms with Crippen LogP contribution in [0, 0.1) is 5.82 Å². The lowest BCUT2D eigenvalue weighted by molar-refractivity contribution is -0.137. The zero-order chi connectivity index (χ0) is 15.5. The Hall–Kier alpha value is -2.83. The van der Waals surface area contributed by atoms with E-state index >= 15 is 0 Å². The van der Waals surface area contributed by atoms with Gasteiger partial charge in [-0.3, -0.25) is 4.79 Å². The molecule has 3 aromatic rings. The first-order valence-corrected chi connectivity index (χ1v) is 6.82. The Kier molecular flexibility index (Phi) is 3.78. The third-order valence-electron chi connectivity index (χ3n) is 3.26. The second kappa shape index (κ2) is 5.88. The molecule has 0 aliphatic rings. The van der Waals surface area contributed by atoms with E-state index in [9.17, 15) is 9.18 Å². The summed E-state index contributed by atoms with van der Waals surface area (Å²) in [5.74, 6) is -0.530. The van der Waals surface area contributed by atoms with Gasteiger partial charge in [0.1, 0.15) is 5.82 Å². The Morgan fingerprint density at radius 3 is 2.64 bits per heavy atom. The molecule has 2 aromatic heterocycles. The molecule has 0 atom stereocenters. The van der Waals surface area contributed by atoms with Gasteiger partial charge in [0.2, 0.25) is 0 Å². The molecule has 22 heavy (non-hydrogen) atoms. The van der Waals surface area contributed by atoms with Gasteiger partial charge in [-0.15, -0.1) is 10.2 Å². The van der Waals surface area contributed by atoms with Crippen molar-refractivity contribution in [1.82, 2.24) is 19.8 Å². The van der Waals surface area contributed by atoms with E-state index in [1.54, 1.807) is 28.8 Å². The fourth-order valence-electron chi connectivity index (χ4n) is 2.16. The largest absolute Gasteiger partial charge is 0.481 e. The summed E-state index contributed by atoms with van der Waals surface area (Å²) in [5.41, 5.74) is 2.05. The molecule has 0 spiro atoms. The van der Waals surface area contributed by atoms with Crippen molar-refractivity contribution in [1.29, 1.82) is 0 Å². The molecule has 2 heterocycles. The summed E-state index contributed by atoms with van der Waals surface area (Å²) in [4.78, 5) is 10.6. The van der Waals surface area contributed by atoms with E-state index < -0.39 is 5.97 Å². The highest BCUT2D eigenvalue weighted by Crippen LogP contribution is 2.18. The number of aromatic nitrogens is 4. The highest BCUT2D eigenvalue weighted by atomic mass is 19.1. The number of halogens is 1. The van der Waals surface area contributed by atoms with Crippen LogP contribution in [-0.4, -0.2) is 30.9 Å². The Morgan fingerprint density at radius 2 is 1.91 bits per heavy atom. The van der Waals surface area contributed by atoms with Crippen molar-refractivity contribution in [3.05, 3.63) is 48.0 Å². The number of carbonyl (C=O) groups is 1. The van der Waals surface area contributed by atoms with Crippen molar-refractivity contribution in [2.24, 2.45) is 0 Å². The van der Waals surface area contributed by atoms with Gasteiger partial charge in [-0.1, -0.05) is 0 Å². The van der Waals surface area contributed by atoms with Gasteiger partial charge >= 0.3 is 5.97 Å². The van der Waals surface area contributed by atoms with Crippen molar-refractivity contribution in [2.75, 3.05) is 0 Å². The summed E-state index contributed by atoms with van der Waals surface area (Å²) in [6, 6.07) is 9.62. The van der Waals surface area contributed by atoms with Gasteiger partial charge in [-0.05, 0) is 42.8 Å². The van der Waals surface area contributed by atoms with Crippen LogP contribution in [0.5, 0.6) is 0 Å². The van der Waals surface area contributed by atoms with E-state index in [4.69, 9.17) is 5.11 Å². The number of benzene rings is 1. The predicted molar refractivity (Wildman–Crippen MR) is 76.7 cm³/mol. The van der Waals surface area contributed by atoms with E-state index in [0.717, 1.165) is 5.56 Å². The first kappa shape index (κ1) is 14.1. The monoisotopic (exact) mass is 300 g/mol. The number of nitrogens with zero attached hydrogens (tertiary/aromatic N) is 4. The van der Waals surface area contributed by atoms with E-state index in [0.29, 0.717) is 30.0 Å². The van der Waals surface area contributed by atoms with Crippen LogP contribution in [0.25, 0.3) is 16.9 Å². The van der Waals surface area contributed by atoms with Crippen molar-refractivity contribution >= 4 is 11.6 Å². The summed E-state index contributed by atoms with van der Waals surface area (Å²) in [7, 11) is 0. The SMILES string of the molecule is O=C(O)CCCc1nnc2ccc(-c3ccc(F)cc3)nn12. The summed E-state index contributed by atoms with van der Waals surface area (Å²) in [5, 5.41) is 21.2. The topological polar surface area (TPSA) is 80.4 Å². The smallest absolute Gasteiger partial charge is 0.303 e. The molecule has 1 N–H and O–H groups in total. The molecule has 0 aliphatic carbocycles. The van der Waals surface area contributed by atoms with Crippen LogP contribution in [0.3, 0.4) is 0 Å². The van der Waals surface area contributed by atoms with Crippen LogP contribution in [-0.2, 0) is 11.2 Å². The molecule has 0 fully saturated rings.